The molecule has 0 saturated carbocycles. The van der Waals surface area contributed by atoms with Gasteiger partial charge in [0.15, 0.2) is 0 Å². The maximum Gasteiger partial charge on any atom is 0.227 e. The molecule has 0 aromatic rings. The Morgan fingerprint density at radius 1 is 1.73 bits per heavy atom. The van der Waals surface area contributed by atoms with Gasteiger partial charge in [-0.05, 0) is 0 Å². The molecule has 2 fully saturated rings. The Morgan fingerprint density at radius 3 is 2.91 bits per heavy atom. The first kappa shape index (κ1) is 7.43. The first-order chi connectivity index (χ1) is 5.24. The summed E-state index contributed by atoms with van der Waals surface area (Å²) < 4.78 is -0.246. The minimum absolute atomic E-state index is 0.0442. The third-order valence-electron chi connectivity index (χ3n) is 1.96. The lowest BCUT2D eigenvalue weighted by molar-refractivity contribution is -0.145. The van der Waals surface area contributed by atoms with E-state index in [4.69, 9.17) is 11.6 Å². The average molecular weight is 192 g/mol. The smallest absolute Gasteiger partial charge is 0.227 e. The molecule has 11 heavy (non-hydrogen) atoms. The van der Waals surface area contributed by atoms with Crippen LogP contribution in [0.15, 0.2) is 0 Å². The molecule has 3 nitrogen and oxygen atoms in total. The Kier molecular flexibility index (Phi) is 1.61. The van der Waals surface area contributed by atoms with Gasteiger partial charge in [0.1, 0.15) is 17.0 Å². The van der Waals surface area contributed by atoms with E-state index in [-0.39, 0.29) is 16.0 Å². The molecule has 0 aromatic heterocycles. The van der Waals surface area contributed by atoms with Crippen LogP contribution in [0, 0.1) is 0 Å². The van der Waals surface area contributed by atoms with Gasteiger partial charge in [-0.1, -0.05) is 0 Å². The molecular weight excluding hydrogens is 186 g/mol. The molecule has 2 heterocycles. The van der Waals surface area contributed by atoms with Gasteiger partial charge < -0.3 is 9.69 Å². The zero-order valence-corrected chi connectivity index (χ0v) is 7.14. The number of halogens is 1. The van der Waals surface area contributed by atoms with Gasteiger partial charge in [-0.15, -0.1) is 23.4 Å². The molecule has 0 aromatic carbocycles. The number of thioether (sulfide) groups is 1. The van der Waals surface area contributed by atoms with Gasteiger partial charge in [-0.2, -0.15) is 0 Å². The number of rotatable bonds is 1. The second-order valence-corrected chi connectivity index (χ2v) is 4.63. The maximum absolute atomic E-state index is 10.9. The van der Waals surface area contributed by atoms with E-state index in [1.165, 1.54) is 11.8 Å². The highest BCUT2D eigenvalue weighted by Gasteiger charge is 2.50. The number of hydrogen-bond donors (Lipinski definition) is 0. The predicted molar refractivity (Wildman–Crippen MR) is 42.3 cm³/mol. The van der Waals surface area contributed by atoms with Gasteiger partial charge in [-0.25, -0.2) is 0 Å². The van der Waals surface area contributed by atoms with Gasteiger partial charge in [0.25, 0.3) is 0 Å². The molecule has 0 aliphatic carbocycles. The third kappa shape index (κ3) is 0.891. The first-order valence-corrected chi connectivity index (χ1v) is 4.68. The highest BCUT2D eigenvalue weighted by Crippen LogP contribution is 2.44. The Labute approximate surface area is 73.1 Å². The van der Waals surface area contributed by atoms with E-state index >= 15 is 0 Å². The van der Waals surface area contributed by atoms with Crippen molar-refractivity contribution in [3.8, 4) is 0 Å². The van der Waals surface area contributed by atoms with Crippen molar-refractivity contribution in [1.82, 2.24) is 4.90 Å². The van der Waals surface area contributed by atoms with Gasteiger partial charge in [0.2, 0.25) is 5.91 Å². The number of hydrogen-bond acceptors (Lipinski definition) is 3. The van der Waals surface area contributed by atoms with Crippen LogP contribution in [0.5, 0.6) is 0 Å². The molecule has 2 unspecified atom stereocenters. The summed E-state index contributed by atoms with van der Waals surface area (Å²) in [7, 11) is 0. The summed E-state index contributed by atoms with van der Waals surface area (Å²) in [5.74, 6) is 0.0442. The number of aldehydes is 1. The summed E-state index contributed by atoms with van der Waals surface area (Å²) in [5.41, 5.74) is 0. The van der Waals surface area contributed by atoms with Crippen LogP contribution in [0.2, 0.25) is 0 Å². The number of carbonyl (C=O) groups excluding carboxylic acids is 2. The Bertz CT molecular complexity index is 219. The van der Waals surface area contributed by atoms with Crippen molar-refractivity contribution in [2.45, 2.75) is 22.5 Å². The maximum atomic E-state index is 10.9. The van der Waals surface area contributed by atoms with Crippen LogP contribution >= 0.6 is 23.4 Å². The van der Waals surface area contributed by atoms with Crippen LogP contribution in [0.1, 0.15) is 6.42 Å². The molecule has 60 valence electrons. The number of nitrogens with zero attached hydrogens (tertiary/aromatic N) is 1. The van der Waals surface area contributed by atoms with Crippen molar-refractivity contribution < 1.29 is 9.59 Å². The zero-order valence-electron chi connectivity index (χ0n) is 5.57. The third-order valence-corrected chi connectivity index (χ3v) is 3.78. The molecule has 2 aliphatic heterocycles. The first-order valence-electron chi connectivity index (χ1n) is 3.30. The van der Waals surface area contributed by atoms with Crippen molar-refractivity contribution in [2.75, 3.05) is 0 Å². The molecule has 3 atom stereocenters. The van der Waals surface area contributed by atoms with E-state index in [2.05, 4.69) is 0 Å². The standard InChI is InChI=1S/C6H6ClNO2S/c7-6-3(2-9)8-4(10)1-5(8)11-6/h2-3,5-6H,1H2/t3?,5-,6?/m1/s1. The second-order valence-electron chi connectivity index (χ2n) is 2.57. The van der Waals surface area contributed by atoms with Crippen molar-refractivity contribution in [3.05, 3.63) is 0 Å². The zero-order chi connectivity index (χ0) is 8.01. The van der Waals surface area contributed by atoms with E-state index in [0.717, 1.165) is 6.29 Å². The Hall–Kier alpha value is -0.220. The van der Waals surface area contributed by atoms with Gasteiger partial charge in [0.05, 0.1) is 11.8 Å². The van der Waals surface area contributed by atoms with Crippen LogP contribution in [-0.4, -0.2) is 33.2 Å². The summed E-state index contributed by atoms with van der Waals surface area (Å²) in [6.45, 7) is 0. The number of carbonyl (C=O) groups is 2. The predicted octanol–water partition coefficient (Wildman–Crippen LogP) is 0.424. The average Bonchev–Trinajstić information content (AvgIpc) is 2.22. The van der Waals surface area contributed by atoms with Crippen molar-refractivity contribution in [3.63, 3.8) is 0 Å². The van der Waals surface area contributed by atoms with E-state index in [9.17, 15) is 9.59 Å². The van der Waals surface area contributed by atoms with Crippen LogP contribution in [0.4, 0.5) is 0 Å². The van der Waals surface area contributed by atoms with Crippen molar-refractivity contribution >= 4 is 35.6 Å². The molecule has 1 amide bonds. The van der Waals surface area contributed by atoms with Crippen LogP contribution in [-0.2, 0) is 9.59 Å². The van der Waals surface area contributed by atoms with E-state index in [0.29, 0.717) is 6.42 Å². The summed E-state index contributed by atoms with van der Waals surface area (Å²) in [6, 6.07) is -0.395. The van der Waals surface area contributed by atoms with E-state index < -0.39 is 6.04 Å². The fourth-order valence-electron chi connectivity index (χ4n) is 1.36. The van der Waals surface area contributed by atoms with Gasteiger partial charge in [0, 0.05) is 0 Å². The minimum Gasteiger partial charge on any atom is -0.318 e. The molecule has 0 spiro atoms. The van der Waals surface area contributed by atoms with E-state index in [1.54, 1.807) is 4.90 Å². The minimum atomic E-state index is -0.395. The molecular formula is C6H6ClNO2S. The lowest BCUT2D eigenvalue weighted by Crippen LogP contribution is -2.52. The van der Waals surface area contributed by atoms with Gasteiger partial charge >= 0.3 is 0 Å². The Morgan fingerprint density at radius 2 is 2.45 bits per heavy atom. The quantitative estimate of drug-likeness (QED) is 0.343. The normalized spacial score (nSPS) is 41.7. The molecule has 2 rings (SSSR count). The largest absolute Gasteiger partial charge is 0.318 e. The number of β-lactam (4-membered cyclic amide) rings is 1. The highest BCUT2D eigenvalue weighted by molar-refractivity contribution is 8.02. The molecule has 2 saturated heterocycles. The molecule has 5 heteroatoms. The number of amides is 1. The fourth-order valence-corrected chi connectivity index (χ4v) is 3.18. The highest BCUT2D eigenvalue weighted by atomic mass is 35.5. The summed E-state index contributed by atoms with van der Waals surface area (Å²) in [4.78, 5) is 22.9. The van der Waals surface area contributed by atoms with Crippen molar-refractivity contribution in [1.29, 1.82) is 0 Å². The van der Waals surface area contributed by atoms with Crippen LogP contribution in [0.25, 0.3) is 0 Å². The number of fused-ring (bicyclic) bond motifs is 1. The van der Waals surface area contributed by atoms with Crippen LogP contribution < -0.4 is 0 Å². The SMILES string of the molecule is O=CC1C(Cl)S[C@@H]2CC(=O)N12. The molecule has 0 radical (unpaired) electrons. The lowest BCUT2D eigenvalue weighted by atomic mass is 10.1. The molecule has 0 N–H and O–H groups in total. The van der Waals surface area contributed by atoms with Crippen LogP contribution in [0.3, 0.4) is 0 Å². The fraction of sp³-hybridized carbons (Fsp3) is 0.667. The van der Waals surface area contributed by atoms with Crippen molar-refractivity contribution in [2.24, 2.45) is 0 Å². The summed E-state index contributed by atoms with van der Waals surface area (Å²) >= 11 is 7.30. The lowest BCUT2D eigenvalue weighted by Gasteiger charge is -2.35. The topological polar surface area (TPSA) is 37.4 Å². The number of alkyl halides is 1. The summed E-state index contributed by atoms with van der Waals surface area (Å²) in [6.07, 6.45) is 1.29. The molecule has 2 aliphatic rings. The summed E-state index contributed by atoms with van der Waals surface area (Å²) in [5, 5.41) is 0.167. The molecule has 0 bridgehead atoms. The second kappa shape index (κ2) is 2.38. The Balaban J connectivity index is 2.18. The van der Waals surface area contributed by atoms with Gasteiger partial charge in [-0.3, -0.25) is 4.79 Å². The monoisotopic (exact) mass is 191 g/mol. The van der Waals surface area contributed by atoms with E-state index in [1.807, 2.05) is 0 Å².